The van der Waals surface area contributed by atoms with Crippen LogP contribution in [0.2, 0.25) is 0 Å². The molecular formula is C12H23NO5. The highest BCUT2D eigenvalue weighted by atomic mass is 16.6. The summed E-state index contributed by atoms with van der Waals surface area (Å²) < 4.78 is 9.57. The van der Waals surface area contributed by atoms with Crippen molar-refractivity contribution in [3.63, 3.8) is 0 Å². The third-order valence-corrected chi connectivity index (χ3v) is 2.34. The monoisotopic (exact) mass is 261 g/mol. The molecule has 6 heteroatoms. The van der Waals surface area contributed by atoms with Crippen LogP contribution in [0.1, 0.15) is 34.6 Å². The van der Waals surface area contributed by atoms with E-state index in [0.717, 1.165) is 0 Å². The number of nitrogens with one attached hydrogen (secondary N) is 1. The average Bonchev–Trinajstić information content (AvgIpc) is 2.22. The number of amides is 1. The number of aliphatic hydroxyl groups excluding tert-OH is 1. The van der Waals surface area contributed by atoms with Gasteiger partial charge in [0.2, 0.25) is 0 Å². The molecule has 0 fully saturated rings. The maximum absolute atomic E-state index is 11.5. The number of aliphatic hydroxyl groups is 1. The summed E-state index contributed by atoms with van der Waals surface area (Å²) in [4.78, 5) is 22.7. The van der Waals surface area contributed by atoms with Crippen LogP contribution in [-0.4, -0.2) is 42.0 Å². The third kappa shape index (κ3) is 5.86. The van der Waals surface area contributed by atoms with E-state index in [9.17, 15) is 14.7 Å². The zero-order valence-electron chi connectivity index (χ0n) is 11.8. The summed E-state index contributed by atoms with van der Waals surface area (Å²) in [5.74, 6) is -1.25. The summed E-state index contributed by atoms with van der Waals surface area (Å²) >= 11 is 0. The zero-order valence-corrected chi connectivity index (χ0v) is 11.8. The molecule has 0 spiro atoms. The van der Waals surface area contributed by atoms with Gasteiger partial charge < -0.3 is 19.9 Å². The molecule has 0 saturated heterocycles. The highest BCUT2D eigenvalue weighted by molar-refractivity contribution is 5.73. The summed E-state index contributed by atoms with van der Waals surface area (Å²) in [6.07, 6.45) is -1.67. The fourth-order valence-corrected chi connectivity index (χ4v) is 1.34. The standard InChI is InChI=1S/C12H23NO5/c1-7(10(15)17-6)9(14)8(2)13-11(16)18-12(3,4)5/h7-9,14H,1-6H3,(H,13,16)/t7-,8+,9-/m0/s1. The van der Waals surface area contributed by atoms with Crippen molar-refractivity contribution in [1.29, 1.82) is 0 Å². The SMILES string of the molecule is COC(=O)[C@@H](C)[C@H](O)[C@@H](C)NC(=O)OC(C)(C)C. The van der Waals surface area contributed by atoms with E-state index in [-0.39, 0.29) is 0 Å². The number of alkyl carbamates (subject to hydrolysis) is 1. The van der Waals surface area contributed by atoms with Gasteiger partial charge in [-0.1, -0.05) is 0 Å². The normalized spacial score (nSPS) is 16.4. The van der Waals surface area contributed by atoms with Crippen LogP contribution in [0.15, 0.2) is 0 Å². The first kappa shape index (κ1) is 16.7. The Morgan fingerprint density at radius 1 is 1.22 bits per heavy atom. The van der Waals surface area contributed by atoms with Crippen molar-refractivity contribution in [3.8, 4) is 0 Å². The molecule has 0 aromatic carbocycles. The molecule has 0 unspecified atom stereocenters. The Kier molecular flexibility index (Phi) is 6.11. The van der Waals surface area contributed by atoms with Crippen LogP contribution in [0.25, 0.3) is 0 Å². The van der Waals surface area contributed by atoms with Crippen LogP contribution in [0, 0.1) is 5.92 Å². The van der Waals surface area contributed by atoms with Gasteiger partial charge in [-0.3, -0.25) is 4.79 Å². The summed E-state index contributed by atoms with van der Waals surface area (Å²) in [6, 6.07) is -0.617. The molecule has 0 aromatic rings. The van der Waals surface area contributed by atoms with Gasteiger partial charge in [0, 0.05) is 0 Å². The molecule has 0 rings (SSSR count). The van der Waals surface area contributed by atoms with E-state index in [2.05, 4.69) is 10.1 Å². The smallest absolute Gasteiger partial charge is 0.407 e. The second-order valence-electron chi connectivity index (χ2n) is 5.24. The van der Waals surface area contributed by atoms with Crippen LogP contribution in [0.5, 0.6) is 0 Å². The molecular weight excluding hydrogens is 238 g/mol. The maximum atomic E-state index is 11.5. The summed E-state index contributed by atoms with van der Waals surface area (Å²) in [6.45, 7) is 8.35. The van der Waals surface area contributed by atoms with Crippen molar-refractivity contribution >= 4 is 12.1 Å². The van der Waals surface area contributed by atoms with E-state index < -0.39 is 35.7 Å². The molecule has 1 amide bonds. The second kappa shape index (κ2) is 6.58. The maximum Gasteiger partial charge on any atom is 0.407 e. The number of hydrogen-bond acceptors (Lipinski definition) is 5. The Morgan fingerprint density at radius 3 is 2.11 bits per heavy atom. The summed E-state index contributed by atoms with van der Waals surface area (Å²) in [5, 5.41) is 12.3. The first-order valence-corrected chi connectivity index (χ1v) is 5.84. The molecule has 106 valence electrons. The lowest BCUT2D eigenvalue weighted by atomic mass is 9.99. The lowest BCUT2D eigenvalue weighted by Gasteiger charge is -2.26. The molecule has 0 aliphatic carbocycles. The Labute approximate surface area is 108 Å². The number of carbonyl (C=O) groups is 2. The Morgan fingerprint density at radius 2 is 1.72 bits per heavy atom. The number of rotatable bonds is 4. The van der Waals surface area contributed by atoms with Gasteiger partial charge in [-0.25, -0.2) is 4.79 Å². The molecule has 0 saturated carbocycles. The van der Waals surface area contributed by atoms with Gasteiger partial charge in [0.1, 0.15) is 5.60 Å². The number of hydrogen-bond donors (Lipinski definition) is 2. The van der Waals surface area contributed by atoms with E-state index in [0.29, 0.717) is 0 Å². The van der Waals surface area contributed by atoms with Crippen LogP contribution in [0.4, 0.5) is 4.79 Å². The molecule has 0 aliphatic heterocycles. The number of carbonyl (C=O) groups excluding carboxylic acids is 2. The van der Waals surface area contributed by atoms with Gasteiger partial charge in [-0.2, -0.15) is 0 Å². The quantitative estimate of drug-likeness (QED) is 0.739. The second-order valence-corrected chi connectivity index (χ2v) is 5.24. The van der Waals surface area contributed by atoms with Crippen molar-refractivity contribution in [2.75, 3.05) is 7.11 Å². The minimum absolute atomic E-state index is 0.527. The van der Waals surface area contributed by atoms with E-state index in [1.807, 2.05) is 0 Å². The number of esters is 1. The van der Waals surface area contributed by atoms with Crippen molar-refractivity contribution in [2.45, 2.75) is 52.4 Å². The molecule has 0 radical (unpaired) electrons. The first-order chi connectivity index (χ1) is 8.08. The highest BCUT2D eigenvalue weighted by Gasteiger charge is 2.29. The van der Waals surface area contributed by atoms with Gasteiger partial charge in [0.05, 0.1) is 25.2 Å². The van der Waals surface area contributed by atoms with Crippen molar-refractivity contribution in [1.82, 2.24) is 5.32 Å². The minimum atomic E-state index is -1.04. The van der Waals surface area contributed by atoms with Gasteiger partial charge in [-0.15, -0.1) is 0 Å². The van der Waals surface area contributed by atoms with Crippen molar-refractivity contribution in [3.05, 3.63) is 0 Å². The van der Waals surface area contributed by atoms with Crippen LogP contribution in [-0.2, 0) is 14.3 Å². The Balaban J connectivity index is 4.36. The molecule has 0 aromatic heterocycles. The number of methoxy groups -OCH3 is 1. The lowest BCUT2D eigenvalue weighted by Crippen LogP contribution is -2.47. The summed E-state index contributed by atoms with van der Waals surface area (Å²) in [7, 11) is 1.25. The van der Waals surface area contributed by atoms with E-state index in [1.165, 1.54) is 14.0 Å². The fraction of sp³-hybridized carbons (Fsp3) is 0.833. The number of ether oxygens (including phenoxy) is 2. The first-order valence-electron chi connectivity index (χ1n) is 5.84. The van der Waals surface area contributed by atoms with Crippen molar-refractivity contribution < 1.29 is 24.2 Å². The van der Waals surface area contributed by atoms with E-state index >= 15 is 0 Å². The molecule has 0 bridgehead atoms. The largest absolute Gasteiger partial charge is 0.469 e. The molecule has 18 heavy (non-hydrogen) atoms. The average molecular weight is 261 g/mol. The highest BCUT2D eigenvalue weighted by Crippen LogP contribution is 2.11. The third-order valence-electron chi connectivity index (χ3n) is 2.34. The van der Waals surface area contributed by atoms with Gasteiger partial charge >= 0.3 is 12.1 Å². The van der Waals surface area contributed by atoms with E-state index in [4.69, 9.17) is 4.74 Å². The summed E-state index contributed by atoms with van der Waals surface area (Å²) in [5.41, 5.74) is -0.608. The molecule has 2 N–H and O–H groups in total. The Hall–Kier alpha value is -1.30. The molecule has 0 heterocycles. The van der Waals surface area contributed by atoms with Crippen molar-refractivity contribution in [2.24, 2.45) is 5.92 Å². The van der Waals surface area contributed by atoms with E-state index in [1.54, 1.807) is 27.7 Å². The van der Waals surface area contributed by atoms with Crippen LogP contribution >= 0.6 is 0 Å². The predicted octanol–water partition coefficient (Wildman–Crippen LogP) is 1.07. The predicted molar refractivity (Wildman–Crippen MR) is 66.0 cm³/mol. The Bertz CT molecular complexity index is 297. The molecule has 0 aliphatic rings. The van der Waals surface area contributed by atoms with Gasteiger partial charge in [-0.05, 0) is 34.6 Å². The zero-order chi connectivity index (χ0) is 14.5. The topological polar surface area (TPSA) is 84.9 Å². The van der Waals surface area contributed by atoms with Crippen LogP contribution < -0.4 is 5.32 Å². The van der Waals surface area contributed by atoms with Gasteiger partial charge in [0.25, 0.3) is 0 Å². The minimum Gasteiger partial charge on any atom is -0.469 e. The van der Waals surface area contributed by atoms with Crippen LogP contribution in [0.3, 0.4) is 0 Å². The molecule has 6 nitrogen and oxygen atoms in total. The molecule has 3 atom stereocenters. The fourth-order valence-electron chi connectivity index (χ4n) is 1.34. The lowest BCUT2D eigenvalue weighted by molar-refractivity contribution is -0.149. The van der Waals surface area contributed by atoms with Gasteiger partial charge in [0.15, 0.2) is 0 Å².